The minimum Gasteiger partial charge on any atom is -0.329 e. The van der Waals surface area contributed by atoms with E-state index in [2.05, 4.69) is 24.8 Å². The van der Waals surface area contributed by atoms with Crippen LogP contribution in [0, 0.1) is 17.8 Å². The molecule has 1 aromatic carbocycles. The minimum atomic E-state index is 0.0888. The van der Waals surface area contributed by atoms with E-state index in [4.69, 9.17) is 0 Å². The lowest BCUT2D eigenvalue weighted by atomic mass is 9.78. The fourth-order valence-corrected chi connectivity index (χ4v) is 5.17. The molecule has 1 aliphatic heterocycles. The van der Waals surface area contributed by atoms with Crippen LogP contribution in [0.1, 0.15) is 55.5 Å². The topological polar surface area (TPSA) is 20.3 Å². The minimum absolute atomic E-state index is 0.0888. The molecular formula is C18H23NO. The summed E-state index contributed by atoms with van der Waals surface area (Å²) in [5.41, 5.74) is 2.24. The molecule has 4 atom stereocenters. The fourth-order valence-electron chi connectivity index (χ4n) is 5.17. The van der Waals surface area contributed by atoms with Gasteiger partial charge in [0.1, 0.15) is 0 Å². The molecule has 0 spiro atoms. The monoisotopic (exact) mass is 269 g/mol. The van der Waals surface area contributed by atoms with Gasteiger partial charge in [-0.25, -0.2) is 0 Å². The molecule has 0 radical (unpaired) electrons. The molecule has 0 N–H and O–H groups in total. The van der Waals surface area contributed by atoms with Crippen LogP contribution >= 0.6 is 0 Å². The maximum Gasteiger partial charge on any atom is 0.254 e. The first-order chi connectivity index (χ1) is 9.58. The largest absolute Gasteiger partial charge is 0.329 e. The summed E-state index contributed by atoms with van der Waals surface area (Å²) in [6.07, 6.45) is 5.21. The van der Waals surface area contributed by atoms with Gasteiger partial charge in [0, 0.05) is 17.6 Å². The highest BCUT2D eigenvalue weighted by Crippen LogP contribution is 2.54. The van der Waals surface area contributed by atoms with Crippen LogP contribution in [0.25, 0.3) is 0 Å². The Bertz CT molecular complexity index is 566. The quantitative estimate of drug-likeness (QED) is 0.758. The molecule has 20 heavy (non-hydrogen) atoms. The number of amides is 1. The second-order valence-electron chi connectivity index (χ2n) is 7.48. The predicted octanol–water partition coefficient (Wildman–Crippen LogP) is 3.86. The first-order valence-corrected chi connectivity index (χ1v) is 7.98. The van der Waals surface area contributed by atoms with Crippen LogP contribution in [-0.4, -0.2) is 16.3 Å². The Kier molecular flexibility index (Phi) is 2.55. The lowest BCUT2D eigenvalue weighted by molar-refractivity contribution is 0.0397. The maximum atomic E-state index is 12.8. The molecule has 1 heterocycles. The second-order valence-corrected chi connectivity index (χ2v) is 7.48. The van der Waals surface area contributed by atoms with Crippen LogP contribution in [-0.2, 0) is 6.54 Å². The molecule has 3 aliphatic rings. The molecule has 4 unspecified atom stereocenters. The van der Waals surface area contributed by atoms with Gasteiger partial charge in [0.2, 0.25) is 0 Å². The average Bonchev–Trinajstić information content (AvgIpc) is 2.87. The summed E-state index contributed by atoms with van der Waals surface area (Å²) in [6, 6.07) is 8.13. The lowest BCUT2D eigenvalue weighted by Gasteiger charge is -2.41. The van der Waals surface area contributed by atoms with Gasteiger partial charge in [0.25, 0.3) is 5.91 Å². The highest BCUT2D eigenvalue weighted by atomic mass is 16.2. The van der Waals surface area contributed by atoms with Crippen molar-refractivity contribution in [3.63, 3.8) is 0 Å². The molecule has 0 saturated heterocycles. The summed E-state index contributed by atoms with van der Waals surface area (Å²) < 4.78 is 0. The van der Waals surface area contributed by atoms with Crippen LogP contribution in [0.3, 0.4) is 0 Å². The first-order valence-electron chi connectivity index (χ1n) is 7.98. The van der Waals surface area contributed by atoms with E-state index in [9.17, 15) is 4.79 Å². The van der Waals surface area contributed by atoms with Crippen molar-refractivity contribution in [2.45, 2.75) is 51.6 Å². The van der Waals surface area contributed by atoms with E-state index >= 15 is 0 Å². The summed E-state index contributed by atoms with van der Waals surface area (Å²) in [7, 11) is 0. The average molecular weight is 269 g/mol. The maximum absolute atomic E-state index is 12.8. The van der Waals surface area contributed by atoms with E-state index in [-0.39, 0.29) is 11.4 Å². The predicted molar refractivity (Wildman–Crippen MR) is 79.3 cm³/mol. The summed E-state index contributed by atoms with van der Waals surface area (Å²) in [6.45, 7) is 5.55. The number of hydrogen-bond donors (Lipinski definition) is 0. The van der Waals surface area contributed by atoms with Gasteiger partial charge >= 0.3 is 0 Å². The molecule has 4 rings (SSSR count). The van der Waals surface area contributed by atoms with Crippen molar-refractivity contribution < 1.29 is 4.79 Å². The van der Waals surface area contributed by atoms with Crippen molar-refractivity contribution in [1.29, 1.82) is 0 Å². The van der Waals surface area contributed by atoms with Gasteiger partial charge in [-0.2, -0.15) is 0 Å². The van der Waals surface area contributed by atoms with E-state index < -0.39 is 0 Å². The first kappa shape index (κ1) is 12.4. The second kappa shape index (κ2) is 4.09. The normalized spacial score (nSPS) is 39.2. The number of hydrogen-bond acceptors (Lipinski definition) is 1. The number of rotatable bonds is 1. The van der Waals surface area contributed by atoms with Crippen molar-refractivity contribution in [2.24, 2.45) is 17.8 Å². The summed E-state index contributed by atoms with van der Waals surface area (Å²) in [4.78, 5) is 15.0. The van der Waals surface area contributed by atoms with Crippen molar-refractivity contribution in [3.8, 4) is 0 Å². The third-order valence-corrected chi connectivity index (χ3v) is 6.06. The van der Waals surface area contributed by atoms with Gasteiger partial charge in [0.15, 0.2) is 0 Å². The molecule has 0 aromatic heterocycles. The highest BCUT2D eigenvalue weighted by Gasteiger charge is 2.53. The Morgan fingerprint density at radius 2 is 2.00 bits per heavy atom. The fraction of sp³-hybridized carbons (Fsp3) is 0.611. The molecule has 2 aliphatic carbocycles. The van der Waals surface area contributed by atoms with Gasteiger partial charge < -0.3 is 4.90 Å². The molecule has 2 fully saturated rings. The zero-order valence-electron chi connectivity index (χ0n) is 12.4. The molecule has 2 saturated carbocycles. The molecule has 1 amide bonds. The van der Waals surface area contributed by atoms with Crippen molar-refractivity contribution in [1.82, 2.24) is 4.90 Å². The molecule has 2 heteroatoms. The molecular weight excluding hydrogens is 246 g/mol. The van der Waals surface area contributed by atoms with Crippen molar-refractivity contribution in [3.05, 3.63) is 35.4 Å². The Balaban J connectivity index is 1.68. The van der Waals surface area contributed by atoms with E-state index in [1.165, 1.54) is 31.2 Å². The third-order valence-electron chi connectivity index (χ3n) is 6.06. The van der Waals surface area contributed by atoms with Crippen molar-refractivity contribution in [2.75, 3.05) is 0 Å². The Morgan fingerprint density at radius 3 is 2.80 bits per heavy atom. The van der Waals surface area contributed by atoms with Gasteiger partial charge in [-0.3, -0.25) is 4.79 Å². The molecule has 1 aromatic rings. The smallest absolute Gasteiger partial charge is 0.254 e. The van der Waals surface area contributed by atoms with E-state index in [0.717, 1.165) is 23.9 Å². The lowest BCUT2D eigenvalue weighted by Crippen LogP contribution is -2.49. The Labute approximate surface area is 121 Å². The van der Waals surface area contributed by atoms with Crippen LogP contribution in [0.5, 0.6) is 0 Å². The Morgan fingerprint density at radius 1 is 1.20 bits per heavy atom. The van der Waals surface area contributed by atoms with Crippen molar-refractivity contribution >= 4 is 5.91 Å². The number of fused-ring (bicyclic) bond motifs is 3. The zero-order valence-corrected chi connectivity index (χ0v) is 12.4. The van der Waals surface area contributed by atoms with Gasteiger partial charge in [-0.1, -0.05) is 25.1 Å². The molecule has 2 bridgehead atoms. The molecule has 106 valence electrons. The van der Waals surface area contributed by atoms with Gasteiger partial charge in [0.05, 0.1) is 0 Å². The van der Waals surface area contributed by atoms with Crippen LogP contribution in [0.4, 0.5) is 0 Å². The summed E-state index contributed by atoms with van der Waals surface area (Å²) in [5, 5.41) is 0. The Hall–Kier alpha value is -1.31. The number of carbonyl (C=O) groups excluding carboxylic acids is 1. The number of benzene rings is 1. The van der Waals surface area contributed by atoms with E-state index in [1.54, 1.807) is 0 Å². The summed E-state index contributed by atoms with van der Waals surface area (Å²) >= 11 is 0. The zero-order chi connectivity index (χ0) is 13.9. The molecule has 2 nitrogen and oxygen atoms in total. The van der Waals surface area contributed by atoms with E-state index in [1.807, 2.05) is 18.2 Å². The van der Waals surface area contributed by atoms with E-state index in [0.29, 0.717) is 5.92 Å². The standard InChI is InChI=1S/C18H23NO/c1-12-7-13-9-15(8-12)18(2,10-13)19-11-14-5-3-4-6-16(14)17(19)20/h3-6,12-13,15H,7-11H2,1-2H3. The number of carbonyl (C=O) groups is 1. The van der Waals surface area contributed by atoms with Gasteiger partial charge in [-0.05, 0) is 62.0 Å². The van der Waals surface area contributed by atoms with Gasteiger partial charge in [-0.15, -0.1) is 0 Å². The highest BCUT2D eigenvalue weighted by molar-refractivity contribution is 5.98. The van der Waals surface area contributed by atoms with Crippen LogP contribution in [0.2, 0.25) is 0 Å². The SMILES string of the molecule is CC1CC2CC(C1)C(C)(N1Cc3ccccc3C1=O)C2. The number of nitrogens with zero attached hydrogens (tertiary/aromatic N) is 1. The van der Waals surface area contributed by atoms with Crippen LogP contribution < -0.4 is 0 Å². The van der Waals surface area contributed by atoms with Crippen LogP contribution in [0.15, 0.2) is 24.3 Å². The summed E-state index contributed by atoms with van der Waals surface area (Å²) in [5.74, 6) is 2.64. The third kappa shape index (κ3) is 1.60.